The molecule has 1 aromatic heterocycles. The van der Waals surface area contributed by atoms with Crippen molar-refractivity contribution in [2.24, 2.45) is 0 Å². The van der Waals surface area contributed by atoms with E-state index >= 15 is 0 Å². The first-order valence-electron chi connectivity index (χ1n) is 7.78. The fraction of sp³-hybridized carbons (Fsp3) is 0.500. The smallest absolute Gasteiger partial charge is 0.347 e. The maximum atomic E-state index is 12.6. The third-order valence-corrected chi connectivity index (χ3v) is 5.97. The molecule has 0 saturated carbocycles. The van der Waals surface area contributed by atoms with Gasteiger partial charge in [0, 0.05) is 23.6 Å². The fourth-order valence-electron chi connectivity index (χ4n) is 2.49. The highest BCUT2D eigenvalue weighted by Gasteiger charge is 2.31. The molecule has 1 aromatic carbocycles. The van der Waals surface area contributed by atoms with Crippen molar-refractivity contribution in [3.8, 4) is 0 Å². The standard InChI is InChI=1S/C16H25N2O3P/c1-4-20-22(19,21-5-2)13(3)17-11-10-14-12-18-16-9-7-6-8-15(14)16/h6-9,12-13,17-18H,4-5,10-11H2,1-3H3. The van der Waals surface area contributed by atoms with Gasteiger partial charge in [-0.05, 0) is 38.8 Å². The summed E-state index contributed by atoms with van der Waals surface area (Å²) in [6.07, 6.45) is 2.88. The number of benzene rings is 1. The molecule has 6 heteroatoms. The molecule has 22 heavy (non-hydrogen) atoms. The molecule has 1 unspecified atom stereocenters. The Kier molecular flexibility index (Phi) is 6.21. The Morgan fingerprint density at radius 3 is 2.59 bits per heavy atom. The third-order valence-electron chi connectivity index (χ3n) is 3.60. The summed E-state index contributed by atoms with van der Waals surface area (Å²) in [4.78, 5) is 3.27. The number of hydrogen-bond acceptors (Lipinski definition) is 4. The van der Waals surface area contributed by atoms with Crippen molar-refractivity contribution in [1.29, 1.82) is 0 Å². The summed E-state index contributed by atoms with van der Waals surface area (Å²) >= 11 is 0. The van der Waals surface area contributed by atoms with E-state index in [9.17, 15) is 4.57 Å². The summed E-state index contributed by atoms with van der Waals surface area (Å²) < 4.78 is 23.3. The molecule has 0 radical (unpaired) electrons. The molecule has 5 nitrogen and oxygen atoms in total. The van der Waals surface area contributed by atoms with Crippen molar-refractivity contribution in [2.75, 3.05) is 19.8 Å². The average molecular weight is 324 g/mol. The zero-order valence-corrected chi connectivity index (χ0v) is 14.4. The topological polar surface area (TPSA) is 63.4 Å². The molecule has 2 rings (SSSR count). The highest BCUT2D eigenvalue weighted by Crippen LogP contribution is 2.51. The largest absolute Gasteiger partial charge is 0.361 e. The van der Waals surface area contributed by atoms with Crippen LogP contribution in [-0.4, -0.2) is 30.5 Å². The predicted octanol–water partition coefficient (Wildman–Crippen LogP) is 3.91. The van der Waals surface area contributed by atoms with Crippen LogP contribution in [0.5, 0.6) is 0 Å². The number of aromatic nitrogens is 1. The minimum Gasteiger partial charge on any atom is -0.361 e. The van der Waals surface area contributed by atoms with E-state index in [1.165, 1.54) is 10.9 Å². The second kappa shape index (κ2) is 7.93. The van der Waals surface area contributed by atoms with Gasteiger partial charge in [0.25, 0.3) is 0 Å². The molecule has 0 spiro atoms. The van der Waals surface area contributed by atoms with E-state index < -0.39 is 7.60 Å². The molecule has 0 fully saturated rings. The zero-order valence-electron chi connectivity index (χ0n) is 13.5. The fourth-order valence-corrected chi connectivity index (χ4v) is 4.08. The van der Waals surface area contributed by atoms with Gasteiger partial charge in [0.05, 0.1) is 13.2 Å². The van der Waals surface area contributed by atoms with Gasteiger partial charge in [-0.15, -0.1) is 0 Å². The lowest BCUT2D eigenvalue weighted by Gasteiger charge is -2.24. The van der Waals surface area contributed by atoms with Crippen molar-refractivity contribution in [1.82, 2.24) is 10.3 Å². The van der Waals surface area contributed by atoms with Gasteiger partial charge in [0.15, 0.2) is 0 Å². The van der Waals surface area contributed by atoms with Crippen LogP contribution in [0, 0.1) is 0 Å². The minimum atomic E-state index is -3.08. The van der Waals surface area contributed by atoms with E-state index in [-0.39, 0.29) is 5.78 Å². The van der Waals surface area contributed by atoms with Crippen LogP contribution in [0.25, 0.3) is 10.9 Å². The number of aromatic amines is 1. The van der Waals surface area contributed by atoms with E-state index in [1.54, 1.807) is 0 Å². The molecule has 0 aliphatic carbocycles. The van der Waals surface area contributed by atoms with Gasteiger partial charge < -0.3 is 19.3 Å². The Hall–Kier alpha value is -1.13. The van der Waals surface area contributed by atoms with Gasteiger partial charge in [0.2, 0.25) is 0 Å². The third kappa shape index (κ3) is 3.99. The van der Waals surface area contributed by atoms with Crippen LogP contribution in [0.4, 0.5) is 0 Å². The van der Waals surface area contributed by atoms with Gasteiger partial charge in [0.1, 0.15) is 5.78 Å². The first-order chi connectivity index (χ1) is 10.6. The molecule has 0 bridgehead atoms. The Morgan fingerprint density at radius 1 is 1.23 bits per heavy atom. The van der Waals surface area contributed by atoms with Crippen LogP contribution in [0.2, 0.25) is 0 Å². The van der Waals surface area contributed by atoms with Crippen LogP contribution in [0.3, 0.4) is 0 Å². The van der Waals surface area contributed by atoms with E-state index in [0.29, 0.717) is 19.8 Å². The number of fused-ring (bicyclic) bond motifs is 1. The molecule has 0 saturated heterocycles. The second-order valence-electron chi connectivity index (χ2n) is 5.11. The highest BCUT2D eigenvalue weighted by atomic mass is 31.2. The lowest BCUT2D eigenvalue weighted by Crippen LogP contribution is -2.29. The Labute approximate surface area is 131 Å². The summed E-state index contributed by atoms with van der Waals surface area (Å²) in [6.45, 7) is 6.97. The van der Waals surface area contributed by atoms with Crippen LogP contribution >= 0.6 is 7.60 Å². The molecule has 0 aliphatic heterocycles. The first-order valence-corrected chi connectivity index (χ1v) is 9.39. The molecule has 0 aliphatic rings. The quantitative estimate of drug-likeness (QED) is 0.686. The maximum absolute atomic E-state index is 12.6. The Bertz CT molecular complexity index is 631. The molecule has 1 heterocycles. The monoisotopic (exact) mass is 324 g/mol. The minimum absolute atomic E-state index is 0.322. The molecular formula is C16H25N2O3P. The number of para-hydroxylation sites is 1. The van der Waals surface area contributed by atoms with Gasteiger partial charge in [-0.1, -0.05) is 18.2 Å². The van der Waals surface area contributed by atoms with Crippen LogP contribution < -0.4 is 5.32 Å². The number of H-pyrrole nitrogens is 1. The molecule has 2 aromatic rings. The average Bonchev–Trinajstić information content (AvgIpc) is 2.91. The summed E-state index contributed by atoms with van der Waals surface area (Å²) in [6, 6.07) is 8.22. The summed E-state index contributed by atoms with van der Waals surface area (Å²) in [5.41, 5.74) is 2.39. The lowest BCUT2D eigenvalue weighted by molar-refractivity contribution is 0.209. The zero-order chi connectivity index (χ0) is 16.0. The van der Waals surface area contributed by atoms with E-state index in [0.717, 1.165) is 11.9 Å². The van der Waals surface area contributed by atoms with Crippen LogP contribution in [-0.2, 0) is 20.0 Å². The Balaban J connectivity index is 1.93. The summed E-state index contributed by atoms with van der Waals surface area (Å²) in [5.74, 6) is -0.322. The van der Waals surface area contributed by atoms with Crippen molar-refractivity contribution in [3.63, 3.8) is 0 Å². The second-order valence-corrected chi connectivity index (χ2v) is 7.49. The first kappa shape index (κ1) is 17.2. The van der Waals surface area contributed by atoms with Crippen molar-refractivity contribution in [2.45, 2.75) is 33.0 Å². The van der Waals surface area contributed by atoms with Crippen molar-refractivity contribution < 1.29 is 13.6 Å². The van der Waals surface area contributed by atoms with Gasteiger partial charge >= 0.3 is 7.60 Å². The Morgan fingerprint density at radius 2 is 1.91 bits per heavy atom. The van der Waals surface area contributed by atoms with Gasteiger partial charge in [-0.25, -0.2) is 0 Å². The maximum Gasteiger partial charge on any atom is 0.347 e. The molecule has 1 atom stereocenters. The van der Waals surface area contributed by atoms with Gasteiger partial charge in [-0.3, -0.25) is 4.57 Å². The number of hydrogen-bond donors (Lipinski definition) is 2. The SMILES string of the molecule is CCOP(=O)(OCC)C(C)NCCc1c[nH]c2ccccc12. The predicted molar refractivity (Wildman–Crippen MR) is 90.3 cm³/mol. The highest BCUT2D eigenvalue weighted by molar-refractivity contribution is 7.54. The summed E-state index contributed by atoms with van der Waals surface area (Å²) in [5, 5.41) is 4.50. The molecular weight excluding hydrogens is 299 g/mol. The summed E-state index contributed by atoms with van der Waals surface area (Å²) in [7, 11) is -3.08. The molecule has 2 N–H and O–H groups in total. The van der Waals surface area contributed by atoms with E-state index in [4.69, 9.17) is 9.05 Å². The molecule has 0 amide bonds. The number of nitrogens with one attached hydrogen (secondary N) is 2. The van der Waals surface area contributed by atoms with E-state index in [2.05, 4.69) is 22.4 Å². The molecule has 122 valence electrons. The van der Waals surface area contributed by atoms with Crippen LogP contribution in [0.1, 0.15) is 26.3 Å². The van der Waals surface area contributed by atoms with Crippen molar-refractivity contribution >= 4 is 18.5 Å². The van der Waals surface area contributed by atoms with Crippen molar-refractivity contribution in [3.05, 3.63) is 36.0 Å². The van der Waals surface area contributed by atoms with Crippen LogP contribution in [0.15, 0.2) is 30.5 Å². The lowest BCUT2D eigenvalue weighted by atomic mass is 10.1. The van der Waals surface area contributed by atoms with E-state index in [1.807, 2.05) is 39.1 Å². The van der Waals surface area contributed by atoms with Gasteiger partial charge in [-0.2, -0.15) is 0 Å². The normalized spacial score (nSPS) is 13.6. The number of rotatable bonds is 9.